The largest absolute Gasteiger partial charge is 0.480 e. The van der Waals surface area contributed by atoms with Gasteiger partial charge in [0.2, 0.25) is 0 Å². The third-order valence-electron chi connectivity index (χ3n) is 5.24. The summed E-state index contributed by atoms with van der Waals surface area (Å²) in [6.07, 6.45) is 6.53. The molecule has 2 aliphatic rings. The molecule has 3 heterocycles. The second kappa shape index (κ2) is 5.08. The van der Waals surface area contributed by atoms with Crippen molar-refractivity contribution in [1.82, 2.24) is 14.3 Å². The van der Waals surface area contributed by atoms with Gasteiger partial charge in [-0.1, -0.05) is 6.42 Å². The molecule has 1 saturated carbocycles. The topological polar surface area (TPSA) is 74.9 Å². The number of aromatic nitrogens is 2. The van der Waals surface area contributed by atoms with Gasteiger partial charge in [-0.3, -0.25) is 4.79 Å². The summed E-state index contributed by atoms with van der Waals surface area (Å²) in [5.74, 6) is -0.754. The first-order valence-electron chi connectivity index (χ1n) is 8.04. The Morgan fingerprint density at radius 2 is 2.17 bits per heavy atom. The van der Waals surface area contributed by atoms with E-state index in [0.29, 0.717) is 23.8 Å². The SMILES string of the molecule is Cc1ccn2cc(C(=O)N3CC4CCCC4C3C(=O)O)nc2c1. The number of fused-ring (bicyclic) bond motifs is 2. The lowest BCUT2D eigenvalue weighted by atomic mass is 9.94. The molecule has 1 aliphatic carbocycles. The lowest BCUT2D eigenvalue weighted by molar-refractivity contribution is -0.142. The monoisotopic (exact) mass is 313 g/mol. The van der Waals surface area contributed by atoms with E-state index in [4.69, 9.17) is 0 Å². The molecule has 0 spiro atoms. The van der Waals surface area contributed by atoms with E-state index in [1.54, 1.807) is 10.6 Å². The smallest absolute Gasteiger partial charge is 0.326 e. The van der Waals surface area contributed by atoms with Crippen molar-refractivity contribution in [2.24, 2.45) is 11.8 Å². The van der Waals surface area contributed by atoms with Crippen molar-refractivity contribution in [3.63, 3.8) is 0 Å². The summed E-state index contributed by atoms with van der Waals surface area (Å²) in [6.45, 7) is 2.51. The molecule has 6 nitrogen and oxygen atoms in total. The van der Waals surface area contributed by atoms with Crippen molar-refractivity contribution >= 4 is 17.5 Å². The van der Waals surface area contributed by atoms with Gasteiger partial charge in [0.1, 0.15) is 17.4 Å². The standard InChI is InChI=1S/C17H19N3O3/c1-10-5-6-19-9-13(18-14(19)7-10)16(21)20-8-11-3-2-4-12(11)15(20)17(22)23/h5-7,9,11-12,15H,2-4,8H2,1H3,(H,22,23). The number of imidazole rings is 1. The van der Waals surface area contributed by atoms with E-state index in [0.717, 1.165) is 24.8 Å². The van der Waals surface area contributed by atoms with Crippen LogP contribution in [0.1, 0.15) is 35.3 Å². The van der Waals surface area contributed by atoms with E-state index in [1.165, 1.54) is 4.90 Å². The number of carboxylic acids is 1. The molecule has 6 heteroatoms. The second-order valence-corrected chi connectivity index (χ2v) is 6.69. The van der Waals surface area contributed by atoms with E-state index >= 15 is 0 Å². The van der Waals surface area contributed by atoms with Crippen molar-refractivity contribution < 1.29 is 14.7 Å². The average molecular weight is 313 g/mol. The number of hydrogen-bond donors (Lipinski definition) is 1. The average Bonchev–Trinajstić information content (AvgIpc) is 3.18. The number of aryl methyl sites for hydroxylation is 1. The van der Waals surface area contributed by atoms with Crippen molar-refractivity contribution in [3.05, 3.63) is 35.8 Å². The molecule has 0 radical (unpaired) electrons. The molecule has 23 heavy (non-hydrogen) atoms. The van der Waals surface area contributed by atoms with Crippen LogP contribution in [0.15, 0.2) is 24.5 Å². The van der Waals surface area contributed by atoms with Crippen LogP contribution in [0.2, 0.25) is 0 Å². The third-order valence-corrected chi connectivity index (χ3v) is 5.24. The van der Waals surface area contributed by atoms with Crippen LogP contribution >= 0.6 is 0 Å². The van der Waals surface area contributed by atoms with Gasteiger partial charge in [-0.2, -0.15) is 0 Å². The third kappa shape index (κ3) is 2.20. The van der Waals surface area contributed by atoms with E-state index < -0.39 is 12.0 Å². The molecule has 0 aromatic carbocycles. The van der Waals surface area contributed by atoms with Crippen LogP contribution in [0.25, 0.3) is 5.65 Å². The number of pyridine rings is 1. The molecular formula is C17H19N3O3. The van der Waals surface area contributed by atoms with Gasteiger partial charge in [0.25, 0.3) is 5.91 Å². The van der Waals surface area contributed by atoms with Gasteiger partial charge >= 0.3 is 5.97 Å². The molecule has 3 atom stereocenters. The molecule has 2 fully saturated rings. The van der Waals surface area contributed by atoms with E-state index in [2.05, 4.69) is 4.98 Å². The van der Waals surface area contributed by atoms with Crippen LogP contribution in [0, 0.1) is 18.8 Å². The van der Waals surface area contributed by atoms with Crippen LogP contribution in [0.3, 0.4) is 0 Å². The Labute approximate surface area is 133 Å². The summed E-state index contributed by atoms with van der Waals surface area (Å²) in [7, 11) is 0. The number of carboxylic acid groups (broad SMARTS) is 1. The molecule has 2 aromatic rings. The number of carbonyl (C=O) groups excluding carboxylic acids is 1. The lowest BCUT2D eigenvalue weighted by Crippen LogP contribution is -2.43. The summed E-state index contributed by atoms with van der Waals surface area (Å²) < 4.78 is 1.80. The highest BCUT2D eigenvalue weighted by Crippen LogP contribution is 2.42. The quantitative estimate of drug-likeness (QED) is 0.920. The van der Waals surface area contributed by atoms with Gasteiger partial charge in [0.15, 0.2) is 0 Å². The molecule has 1 saturated heterocycles. The van der Waals surface area contributed by atoms with Gasteiger partial charge in [0.05, 0.1) is 0 Å². The molecule has 1 amide bonds. The summed E-state index contributed by atoms with van der Waals surface area (Å²) in [5.41, 5.74) is 2.10. The van der Waals surface area contributed by atoms with Crippen molar-refractivity contribution in [3.8, 4) is 0 Å². The molecule has 4 rings (SSSR count). The Bertz CT molecular complexity index is 797. The van der Waals surface area contributed by atoms with Crippen LogP contribution in [-0.2, 0) is 4.79 Å². The zero-order valence-electron chi connectivity index (χ0n) is 13.0. The first-order valence-corrected chi connectivity index (χ1v) is 8.04. The minimum atomic E-state index is -0.896. The summed E-state index contributed by atoms with van der Waals surface area (Å²) in [4.78, 5) is 30.4. The van der Waals surface area contributed by atoms with Gasteiger partial charge in [0, 0.05) is 18.9 Å². The highest BCUT2D eigenvalue weighted by molar-refractivity contribution is 5.96. The van der Waals surface area contributed by atoms with Crippen molar-refractivity contribution in [2.45, 2.75) is 32.2 Å². The van der Waals surface area contributed by atoms with Crippen LogP contribution < -0.4 is 0 Å². The molecule has 120 valence electrons. The predicted molar refractivity (Wildman–Crippen MR) is 83.2 cm³/mol. The normalized spacial score (nSPS) is 26.7. The van der Waals surface area contributed by atoms with Crippen LogP contribution in [0.4, 0.5) is 0 Å². The number of likely N-dealkylation sites (tertiary alicyclic amines) is 1. The number of nitrogens with zero attached hydrogens (tertiary/aromatic N) is 3. The fourth-order valence-corrected chi connectivity index (χ4v) is 4.16. The van der Waals surface area contributed by atoms with Gasteiger partial charge in [-0.25, -0.2) is 9.78 Å². The van der Waals surface area contributed by atoms with E-state index in [9.17, 15) is 14.7 Å². The summed E-state index contributed by atoms with van der Waals surface area (Å²) >= 11 is 0. The van der Waals surface area contributed by atoms with Gasteiger partial charge in [-0.15, -0.1) is 0 Å². The van der Waals surface area contributed by atoms with E-state index in [-0.39, 0.29) is 11.8 Å². The second-order valence-electron chi connectivity index (χ2n) is 6.69. The van der Waals surface area contributed by atoms with Crippen LogP contribution in [0.5, 0.6) is 0 Å². The molecule has 0 bridgehead atoms. The Kier molecular flexibility index (Phi) is 3.14. The fraction of sp³-hybridized carbons (Fsp3) is 0.471. The van der Waals surface area contributed by atoms with Gasteiger partial charge in [-0.05, 0) is 49.3 Å². The molecular weight excluding hydrogens is 294 g/mol. The Hall–Kier alpha value is -2.37. The van der Waals surface area contributed by atoms with Crippen molar-refractivity contribution in [2.75, 3.05) is 6.54 Å². The first-order chi connectivity index (χ1) is 11.0. The maximum atomic E-state index is 12.8. The minimum absolute atomic E-state index is 0.0933. The van der Waals surface area contributed by atoms with Gasteiger partial charge < -0.3 is 14.4 Å². The zero-order valence-corrected chi connectivity index (χ0v) is 13.0. The number of amides is 1. The summed E-state index contributed by atoms with van der Waals surface area (Å²) in [6, 6.07) is 3.15. The summed E-state index contributed by atoms with van der Waals surface area (Å²) in [5, 5.41) is 9.58. The molecule has 1 aliphatic heterocycles. The zero-order chi connectivity index (χ0) is 16.1. The molecule has 2 aromatic heterocycles. The number of aliphatic carboxylic acids is 1. The Morgan fingerprint density at radius 3 is 2.96 bits per heavy atom. The number of rotatable bonds is 2. The Morgan fingerprint density at radius 1 is 1.35 bits per heavy atom. The molecule has 1 N–H and O–H groups in total. The lowest BCUT2D eigenvalue weighted by Gasteiger charge is -2.23. The van der Waals surface area contributed by atoms with E-state index in [1.807, 2.05) is 25.3 Å². The maximum Gasteiger partial charge on any atom is 0.326 e. The van der Waals surface area contributed by atoms with Crippen LogP contribution in [-0.4, -0.2) is 43.9 Å². The fourth-order valence-electron chi connectivity index (χ4n) is 4.16. The number of hydrogen-bond acceptors (Lipinski definition) is 3. The highest BCUT2D eigenvalue weighted by atomic mass is 16.4. The predicted octanol–water partition coefficient (Wildman–Crippen LogP) is 1.97. The van der Waals surface area contributed by atoms with Crippen molar-refractivity contribution in [1.29, 1.82) is 0 Å². The highest BCUT2D eigenvalue weighted by Gasteiger charge is 2.49. The maximum absolute atomic E-state index is 12.8. The molecule has 3 unspecified atom stereocenters. The minimum Gasteiger partial charge on any atom is -0.480 e. The number of carbonyl (C=O) groups is 2. The Balaban J connectivity index is 1.68. The first kappa shape index (κ1) is 14.2.